The molecule has 0 aromatic rings. The molecule has 0 N–H and O–H groups in total. The Balaban J connectivity index is 2.50. The zero-order valence-corrected chi connectivity index (χ0v) is 12.3. The number of rotatable bonds is 2. The first-order valence-corrected chi connectivity index (χ1v) is 6.68. The van der Waals surface area contributed by atoms with Gasteiger partial charge < -0.3 is 4.90 Å². The molecule has 1 amide bonds. The first-order valence-electron chi connectivity index (χ1n) is 6.68. The van der Waals surface area contributed by atoms with Gasteiger partial charge in [-0.05, 0) is 45.2 Å². The van der Waals surface area contributed by atoms with Crippen molar-refractivity contribution in [1.82, 2.24) is 9.80 Å². The Morgan fingerprint density at radius 3 is 2.06 bits per heavy atom. The Kier molecular flexibility index (Phi) is 4.59. The molecule has 0 aromatic carbocycles. The van der Waals surface area contributed by atoms with Crippen LogP contribution in [0.1, 0.15) is 40.5 Å². The molecular weight excluding hydrogens is 212 g/mol. The van der Waals surface area contributed by atoms with Gasteiger partial charge in [0.05, 0.1) is 6.04 Å². The topological polar surface area (TPSA) is 23.6 Å². The standard InChI is InChI=1S/C14H28N2O/c1-11(15(5)6)13(17)16-9-7-12(8-10-16)14(2,3)4/h11-12H,7-10H2,1-6H3. The largest absolute Gasteiger partial charge is 0.341 e. The summed E-state index contributed by atoms with van der Waals surface area (Å²) in [5, 5.41) is 0. The van der Waals surface area contributed by atoms with Crippen molar-refractivity contribution in [1.29, 1.82) is 0 Å². The molecular formula is C14H28N2O. The predicted octanol–water partition coefficient (Wildman–Crippen LogP) is 2.22. The smallest absolute Gasteiger partial charge is 0.239 e. The lowest BCUT2D eigenvalue weighted by molar-refractivity contribution is -0.137. The summed E-state index contributed by atoms with van der Waals surface area (Å²) in [7, 11) is 3.93. The fourth-order valence-corrected chi connectivity index (χ4v) is 2.45. The van der Waals surface area contributed by atoms with Gasteiger partial charge in [0, 0.05) is 13.1 Å². The fraction of sp³-hybridized carbons (Fsp3) is 0.929. The van der Waals surface area contributed by atoms with Crippen molar-refractivity contribution in [3.63, 3.8) is 0 Å². The molecule has 1 heterocycles. The van der Waals surface area contributed by atoms with Gasteiger partial charge in [-0.25, -0.2) is 0 Å². The van der Waals surface area contributed by atoms with E-state index in [-0.39, 0.29) is 11.9 Å². The van der Waals surface area contributed by atoms with Crippen LogP contribution in [0.3, 0.4) is 0 Å². The van der Waals surface area contributed by atoms with E-state index >= 15 is 0 Å². The van der Waals surface area contributed by atoms with E-state index in [9.17, 15) is 4.79 Å². The summed E-state index contributed by atoms with van der Waals surface area (Å²) < 4.78 is 0. The highest BCUT2D eigenvalue weighted by Gasteiger charge is 2.31. The highest BCUT2D eigenvalue weighted by Crippen LogP contribution is 2.34. The Morgan fingerprint density at radius 1 is 1.24 bits per heavy atom. The fourth-order valence-electron chi connectivity index (χ4n) is 2.45. The minimum atomic E-state index is 0.00110. The number of hydrogen-bond donors (Lipinski definition) is 0. The van der Waals surface area contributed by atoms with Crippen molar-refractivity contribution >= 4 is 5.91 Å². The second-order valence-corrected chi connectivity index (χ2v) is 6.61. The maximum absolute atomic E-state index is 12.2. The summed E-state index contributed by atoms with van der Waals surface area (Å²) in [4.78, 5) is 16.2. The molecule has 0 radical (unpaired) electrons. The van der Waals surface area contributed by atoms with Crippen LogP contribution in [0.2, 0.25) is 0 Å². The van der Waals surface area contributed by atoms with E-state index in [0.29, 0.717) is 5.41 Å². The van der Waals surface area contributed by atoms with E-state index in [0.717, 1.165) is 31.8 Å². The van der Waals surface area contributed by atoms with Gasteiger partial charge in [0.25, 0.3) is 0 Å². The number of likely N-dealkylation sites (tertiary alicyclic amines) is 1. The number of likely N-dealkylation sites (N-methyl/N-ethyl adjacent to an activating group) is 1. The van der Waals surface area contributed by atoms with E-state index < -0.39 is 0 Å². The molecule has 0 spiro atoms. The van der Waals surface area contributed by atoms with E-state index in [1.54, 1.807) is 0 Å². The van der Waals surface area contributed by atoms with Crippen LogP contribution in [0.5, 0.6) is 0 Å². The molecule has 3 heteroatoms. The number of piperidine rings is 1. The van der Waals surface area contributed by atoms with Crippen LogP contribution in [-0.2, 0) is 4.79 Å². The summed E-state index contributed by atoms with van der Waals surface area (Å²) in [5.41, 5.74) is 0.377. The lowest BCUT2D eigenvalue weighted by Gasteiger charge is -2.40. The van der Waals surface area contributed by atoms with Gasteiger partial charge in [0.1, 0.15) is 0 Å². The molecule has 3 nitrogen and oxygen atoms in total. The second-order valence-electron chi connectivity index (χ2n) is 6.61. The number of carbonyl (C=O) groups is 1. The summed E-state index contributed by atoms with van der Waals surface area (Å²) in [6.45, 7) is 10.8. The van der Waals surface area contributed by atoms with Gasteiger partial charge >= 0.3 is 0 Å². The molecule has 1 fully saturated rings. The van der Waals surface area contributed by atoms with Gasteiger partial charge in [-0.15, -0.1) is 0 Å². The summed E-state index contributed by atoms with van der Waals surface area (Å²) in [6, 6.07) is 0.00110. The summed E-state index contributed by atoms with van der Waals surface area (Å²) in [5.74, 6) is 1.03. The van der Waals surface area contributed by atoms with Crippen molar-refractivity contribution in [3.05, 3.63) is 0 Å². The molecule has 1 saturated heterocycles. The van der Waals surface area contributed by atoms with E-state index in [2.05, 4.69) is 20.8 Å². The molecule has 1 atom stereocenters. The quantitative estimate of drug-likeness (QED) is 0.739. The Morgan fingerprint density at radius 2 is 1.71 bits per heavy atom. The van der Waals surface area contributed by atoms with Crippen molar-refractivity contribution in [2.24, 2.45) is 11.3 Å². The Hall–Kier alpha value is -0.570. The third kappa shape index (κ3) is 3.70. The molecule has 1 aliphatic rings. The summed E-state index contributed by atoms with van der Waals surface area (Å²) in [6.07, 6.45) is 2.30. The second kappa shape index (κ2) is 5.38. The predicted molar refractivity (Wildman–Crippen MR) is 71.9 cm³/mol. The zero-order chi connectivity index (χ0) is 13.2. The minimum absolute atomic E-state index is 0.00110. The molecule has 17 heavy (non-hydrogen) atoms. The SMILES string of the molecule is CC(C(=O)N1CCC(C(C)(C)C)CC1)N(C)C. The molecule has 0 aromatic heterocycles. The first-order chi connectivity index (χ1) is 7.73. The first kappa shape index (κ1) is 14.5. The summed E-state index contributed by atoms with van der Waals surface area (Å²) >= 11 is 0. The van der Waals surface area contributed by atoms with Gasteiger partial charge in [-0.2, -0.15) is 0 Å². The van der Waals surface area contributed by atoms with Crippen LogP contribution in [0.4, 0.5) is 0 Å². The highest BCUT2D eigenvalue weighted by molar-refractivity contribution is 5.81. The average molecular weight is 240 g/mol. The lowest BCUT2D eigenvalue weighted by Crippen LogP contribution is -2.48. The lowest BCUT2D eigenvalue weighted by atomic mass is 9.75. The van der Waals surface area contributed by atoms with Gasteiger partial charge in [-0.1, -0.05) is 20.8 Å². The van der Waals surface area contributed by atoms with Crippen LogP contribution in [0, 0.1) is 11.3 Å². The van der Waals surface area contributed by atoms with Gasteiger partial charge in [-0.3, -0.25) is 9.69 Å². The normalized spacial score (nSPS) is 20.8. The number of amides is 1. The molecule has 0 bridgehead atoms. The minimum Gasteiger partial charge on any atom is -0.341 e. The third-order valence-corrected chi connectivity index (χ3v) is 4.16. The third-order valence-electron chi connectivity index (χ3n) is 4.16. The maximum atomic E-state index is 12.2. The van der Waals surface area contributed by atoms with Crippen LogP contribution in [0.25, 0.3) is 0 Å². The van der Waals surface area contributed by atoms with Crippen molar-refractivity contribution in [2.75, 3.05) is 27.2 Å². The van der Waals surface area contributed by atoms with Crippen LogP contribution in [0.15, 0.2) is 0 Å². The van der Waals surface area contributed by atoms with Crippen molar-refractivity contribution in [3.8, 4) is 0 Å². The van der Waals surface area contributed by atoms with Crippen LogP contribution < -0.4 is 0 Å². The molecule has 1 rings (SSSR count). The molecule has 1 aliphatic heterocycles. The highest BCUT2D eigenvalue weighted by atomic mass is 16.2. The van der Waals surface area contributed by atoms with E-state index in [1.807, 2.05) is 30.8 Å². The van der Waals surface area contributed by atoms with Crippen molar-refractivity contribution < 1.29 is 4.79 Å². The molecule has 0 saturated carbocycles. The maximum Gasteiger partial charge on any atom is 0.239 e. The zero-order valence-electron chi connectivity index (χ0n) is 12.3. The van der Waals surface area contributed by atoms with Gasteiger partial charge in [0.2, 0.25) is 5.91 Å². The van der Waals surface area contributed by atoms with Crippen molar-refractivity contribution in [2.45, 2.75) is 46.6 Å². The monoisotopic (exact) mass is 240 g/mol. The Labute approximate surface area is 106 Å². The van der Waals surface area contributed by atoms with E-state index in [1.165, 1.54) is 0 Å². The number of hydrogen-bond acceptors (Lipinski definition) is 2. The Bertz CT molecular complexity index is 260. The molecule has 100 valence electrons. The van der Waals surface area contributed by atoms with Crippen LogP contribution in [-0.4, -0.2) is 48.9 Å². The number of nitrogens with zero attached hydrogens (tertiary/aromatic N) is 2. The van der Waals surface area contributed by atoms with Gasteiger partial charge in [0.15, 0.2) is 0 Å². The van der Waals surface area contributed by atoms with E-state index in [4.69, 9.17) is 0 Å². The van der Waals surface area contributed by atoms with Crippen LogP contribution >= 0.6 is 0 Å². The molecule has 0 aliphatic carbocycles. The average Bonchev–Trinajstić information content (AvgIpc) is 2.26. The molecule has 1 unspecified atom stereocenters. The number of carbonyl (C=O) groups excluding carboxylic acids is 1.